The Morgan fingerprint density at radius 1 is 1.09 bits per heavy atom. The molecule has 0 saturated carbocycles. The Balaban J connectivity index is 1.73. The van der Waals surface area contributed by atoms with Crippen LogP contribution in [-0.2, 0) is 0 Å². The van der Waals surface area contributed by atoms with Crippen LogP contribution in [0.2, 0.25) is 0 Å². The maximum atomic E-state index is 13.4. The Morgan fingerprint density at radius 3 is 2.56 bits per heavy atom. The maximum absolute atomic E-state index is 13.4. The zero-order valence-corrected chi connectivity index (χ0v) is 18.3. The lowest BCUT2D eigenvalue weighted by Crippen LogP contribution is -2.25. The van der Waals surface area contributed by atoms with Crippen molar-refractivity contribution in [2.24, 2.45) is 0 Å². The highest BCUT2D eigenvalue weighted by Crippen LogP contribution is 2.46. The van der Waals surface area contributed by atoms with Gasteiger partial charge in [0.2, 0.25) is 5.75 Å². The molecule has 168 valence electrons. The third-order valence-electron chi connectivity index (χ3n) is 5.63. The van der Waals surface area contributed by atoms with Gasteiger partial charge in [-0.05, 0) is 50.2 Å². The third-order valence-corrected chi connectivity index (χ3v) is 5.63. The summed E-state index contributed by atoms with van der Waals surface area (Å²) in [6.07, 6.45) is 6.87. The number of furan rings is 1. The summed E-state index contributed by atoms with van der Waals surface area (Å²) in [6.45, 7) is 3.25. The van der Waals surface area contributed by atoms with Crippen LogP contribution < -0.4 is 14.2 Å². The first kappa shape index (κ1) is 21.8. The van der Waals surface area contributed by atoms with Gasteiger partial charge in [-0.25, -0.2) is 0 Å². The van der Waals surface area contributed by atoms with Gasteiger partial charge in [-0.3, -0.25) is 9.69 Å². The number of aromatic hydroxyl groups is 1. The van der Waals surface area contributed by atoms with Gasteiger partial charge in [0.25, 0.3) is 0 Å². The molecule has 0 spiro atoms. The van der Waals surface area contributed by atoms with Crippen LogP contribution >= 0.6 is 0 Å². The van der Waals surface area contributed by atoms with E-state index < -0.39 is 0 Å². The number of rotatable bonds is 9. The fourth-order valence-electron chi connectivity index (χ4n) is 4.04. The molecule has 1 aliphatic rings. The zero-order chi connectivity index (χ0) is 22.5. The standard InChI is InChI=1S/C25H27NO6/c1-29-22-18-11-15-31-23(18)25(30-2)24(32-16-14-26-12-5-6-13-26)21(22)20(28)10-9-17-7-3-4-8-19(17)27/h3-4,7-11,15,27H,5-6,12-14,16H2,1-2H3/b10-9+. The fourth-order valence-corrected chi connectivity index (χ4v) is 4.04. The van der Waals surface area contributed by atoms with E-state index in [0.717, 1.165) is 19.6 Å². The first-order valence-corrected chi connectivity index (χ1v) is 10.6. The molecule has 0 bridgehead atoms. The monoisotopic (exact) mass is 437 g/mol. The van der Waals surface area contributed by atoms with Crippen LogP contribution in [0.25, 0.3) is 17.0 Å². The van der Waals surface area contributed by atoms with Crippen molar-refractivity contribution in [2.75, 3.05) is 40.5 Å². The maximum Gasteiger partial charge on any atom is 0.205 e. The van der Waals surface area contributed by atoms with Crippen LogP contribution in [0.4, 0.5) is 0 Å². The van der Waals surface area contributed by atoms with E-state index in [0.29, 0.717) is 34.6 Å². The highest BCUT2D eigenvalue weighted by atomic mass is 16.5. The average Bonchev–Trinajstić information content (AvgIpc) is 3.49. The number of phenols is 1. The molecule has 0 unspecified atom stereocenters. The van der Waals surface area contributed by atoms with E-state index in [2.05, 4.69) is 4.90 Å². The Labute approximate surface area is 186 Å². The largest absolute Gasteiger partial charge is 0.507 e. The number of para-hydroxylation sites is 1. The molecule has 1 fully saturated rings. The first-order valence-electron chi connectivity index (χ1n) is 10.6. The molecule has 1 saturated heterocycles. The lowest BCUT2D eigenvalue weighted by atomic mass is 10.0. The van der Waals surface area contributed by atoms with E-state index in [1.54, 1.807) is 36.4 Å². The van der Waals surface area contributed by atoms with Crippen molar-refractivity contribution in [3.05, 3.63) is 53.8 Å². The predicted molar refractivity (Wildman–Crippen MR) is 122 cm³/mol. The summed E-state index contributed by atoms with van der Waals surface area (Å²) in [4.78, 5) is 15.7. The molecular weight excluding hydrogens is 410 g/mol. The molecule has 3 aromatic rings. The molecule has 0 atom stereocenters. The number of carbonyl (C=O) groups excluding carboxylic acids is 1. The van der Waals surface area contributed by atoms with Gasteiger partial charge in [-0.15, -0.1) is 0 Å². The minimum absolute atomic E-state index is 0.0912. The molecule has 7 heteroatoms. The Bertz CT molecular complexity index is 1130. The number of methoxy groups -OCH3 is 2. The number of allylic oxidation sites excluding steroid dienone is 1. The van der Waals surface area contributed by atoms with E-state index in [1.807, 2.05) is 0 Å². The molecule has 1 aliphatic heterocycles. The second kappa shape index (κ2) is 9.78. The summed E-state index contributed by atoms with van der Waals surface area (Å²) < 4.78 is 23.0. The third kappa shape index (κ3) is 4.29. The summed E-state index contributed by atoms with van der Waals surface area (Å²) in [5.74, 6) is 0.762. The lowest BCUT2D eigenvalue weighted by Gasteiger charge is -2.19. The molecule has 7 nitrogen and oxygen atoms in total. The molecule has 32 heavy (non-hydrogen) atoms. The van der Waals surface area contributed by atoms with Crippen molar-refractivity contribution in [1.29, 1.82) is 0 Å². The van der Waals surface area contributed by atoms with Gasteiger partial charge in [0.1, 0.15) is 23.7 Å². The van der Waals surface area contributed by atoms with Crippen LogP contribution in [0.5, 0.6) is 23.0 Å². The van der Waals surface area contributed by atoms with E-state index in [-0.39, 0.29) is 22.8 Å². The molecule has 0 aliphatic carbocycles. The molecule has 2 aromatic carbocycles. The molecular formula is C25H27NO6. The predicted octanol–water partition coefficient (Wildman–Crippen LogP) is 4.53. The number of benzene rings is 2. The van der Waals surface area contributed by atoms with Gasteiger partial charge < -0.3 is 23.7 Å². The summed E-state index contributed by atoms with van der Waals surface area (Å²) >= 11 is 0. The van der Waals surface area contributed by atoms with Crippen molar-refractivity contribution < 1.29 is 28.5 Å². The van der Waals surface area contributed by atoms with E-state index in [9.17, 15) is 9.90 Å². The second-order valence-corrected chi connectivity index (χ2v) is 7.59. The zero-order valence-electron chi connectivity index (χ0n) is 18.3. The van der Waals surface area contributed by atoms with Gasteiger partial charge in [-0.1, -0.05) is 18.2 Å². The molecule has 0 amide bonds. The highest BCUT2D eigenvalue weighted by molar-refractivity contribution is 6.15. The summed E-state index contributed by atoms with van der Waals surface area (Å²) in [6, 6.07) is 8.54. The average molecular weight is 437 g/mol. The van der Waals surface area contributed by atoms with Gasteiger partial charge in [0.15, 0.2) is 17.1 Å². The number of hydrogen-bond acceptors (Lipinski definition) is 7. The molecule has 1 aromatic heterocycles. The summed E-state index contributed by atoms with van der Waals surface area (Å²) in [5, 5.41) is 10.6. The van der Waals surface area contributed by atoms with Crippen molar-refractivity contribution in [3.8, 4) is 23.0 Å². The summed E-state index contributed by atoms with van der Waals surface area (Å²) in [7, 11) is 3.02. The van der Waals surface area contributed by atoms with Gasteiger partial charge in [-0.2, -0.15) is 0 Å². The smallest absolute Gasteiger partial charge is 0.205 e. The number of hydrogen-bond donors (Lipinski definition) is 1. The van der Waals surface area contributed by atoms with Crippen molar-refractivity contribution >= 4 is 22.8 Å². The Morgan fingerprint density at radius 2 is 1.84 bits per heavy atom. The quantitative estimate of drug-likeness (QED) is 0.389. The molecule has 4 rings (SSSR count). The van der Waals surface area contributed by atoms with Crippen molar-refractivity contribution in [3.63, 3.8) is 0 Å². The van der Waals surface area contributed by atoms with Gasteiger partial charge in [0.05, 0.1) is 25.9 Å². The van der Waals surface area contributed by atoms with E-state index >= 15 is 0 Å². The number of carbonyl (C=O) groups is 1. The van der Waals surface area contributed by atoms with Crippen LogP contribution in [-0.4, -0.2) is 56.3 Å². The number of ketones is 1. The number of phenolic OH excluding ortho intramolecular Hbond substituents is 1. The minimum atomic E-state index is -0.331. The van der Waals surface area contributed by atoms with Crippen molar-refractivity contribution in [2.45, 2.75) is 12.8 Å². The fraction of sp³-hybridized carbons (Fsp3) is 0.320. The normalized spacial score (nSPS) is 14.3. The van der Waals surface area contributed by atoms with Crippen LogP contribution in [0, 0.1) is 0 Å². The van der Waals surface area contributed by atoms with Gasteiger partial charge in [0, 0.05) is 12.1 Å². The number of nitrogens with zero attached hydrogens (tertiary/aromatic N) is 1. The lowest BCUT2D eigenvalue weighted by molar-refractivity contribution is 0.103. The Kier molecular flexibility index (Phi) is 6.66. The SMILES string of the molecule is COc1c(C(=O)/C=C/c2ccccc2O)c(OCCN2CCCC2)c(OC)c2occc12. The van der Waals surface area contributed by atoms with E-state index in [1.165, 1.54) is 39.4 Å². The molecule has 0 radical (unpaired) electrons. The number of ether oxygens (including phenoxy) is 3. The topological polar surface area (TPSA) is 81.4 Å². The minimum Gasteiger partial charge on any atom is -0.507 e. The van der Waals surface area contributed by atoms with Gasteiger partial charge >= 0.3 is 0 Å². The number of fused-ring (bicyclic) bond motifs is 1. The highest BCUT2D eigenvalue weighted by Gasteiger charge is 2.28. The van der Waals surface area contributed by atoms with Crippen LogP contribution in [0.3, 0.4) is 0 Å². The van der Waals surface area contributed by atoms with Crippen molar-refractivity contribution in [1.82, 2.24) is 4.90 Å². The molecule has 2 heterocycles. The molecule has 1 N–H and O–H groups in total. The summed E-state index contributed by atoms with van der Waals surface area (Å²) in [5.41, 5.74) is 1.25. The van der Waals surface area contributed by atoms with Crippen LogP contribution in [0.15, 0.2) is 47.1 Å². The second-order valence-electron chi connectivity index (χ2n) is 7.59. The Hall–Kier alpha value is -3.45. The number of likely N-dealkylation sites (tertiary alicyclic amines) is 1. The van der Waals surface area contributed by atoms with Crippen LogP contribution in [0.1, 0.15) is 28.8 Å². The first-order chi connectivity index (χ1) is 15.6. The van der Waals surface area contributed by atoms with E-state index in [4.69, 9.17) is 18.6 Å².